The Bertz CT molecular complexity index is 1110. The summed E-state index contributed by atoms with van der Waals surface area (Å²) in [4.78, 5) is 28.5. The summed E-state index contributed by atoms with van der Waals surface area (Å²) in [5, 5.41) is 11.3. The van der Waals surface area contributed by atoms with Gasteiger partial charge in [-0.05, 0) is 32.3 Å². The highest BCUT2D eigenvalue weighted by molar-refractivity contribution is 7.23. The number of hydrogen-bond acceptors (Lipinski definition) is 6. The van der Waals surface area contributed by atoms with Crippen LogP contribution >= 0.6 is 11.3 Å². The number of anilines is 1. The predicted molar refractivity (Wildman–Crippen MR) is 115 cm³/mol. The third-order valence-corrected chi connectivity index (χ3v) is 5.98. The quantitative estimate of drug-likeness (QED) is 0.595. The van der Waals surface area contributed by atoms with Crippen LogP contribution in [0.1, 0.15) is 28.4 Å². The fourth-order valence-corrected chi connectivity index (χ4v) is 4.64. The molecule has 0 fully saturated rings. The van der Waals surface area contributed by atoms with Gasteiger partial charge >= 0.3 is 5.97 Å². The fraction of sp³-hybridized carbons (Fsp3) is 0.273. The lowest BCUT2D eigenvalue weighted by Crippen LogP contribution is -2.29. The molecular weight excluding hydrogens is 407 g/mol. The maximum absolute atomic E-state index is 14.3. The van der Waals surface area contributed by atoms with Crippen molar-refractivity contribution in [1.29, 1.82) is 0 Å². The molecule has 0 unspecified atom stereocenters. The molecule has 8 heteroatoms. The van der Waals surface area contributed by atoms with Gasteiger partial charge in [-0.3, -0.25) is 9.69 Å². The van der Waals surface area contributed by atoms with E-state index in [1.807, 2.05) is 19.0 Å². The van der Waals surface area contributed by atoms with E-state index in [0.29, 0.717) is 32.8 Å². The Morgan fingerprint density at radius 2 is 1.83 bits per heavy atom. The predicted octanol–water partition coefficient (Wildman–Crippen LogP) is 4.15. The molecule has 0 bridgehead atoms. The molecule has 1 N–H and O–H groups in total. The number of carbonyl (C=O) groups excluding carboxylic acids is 2. The lowest BCUT2D eigenvalue weighted by atomic mass is 10.1. The number of hydrogen-bond donors (Lipinski definition) is 1. The van der Waals surface area contributed by atoms with Gasteiger partial charge in [0.25, 0.3) is 0 Å². The zero-order valence-corrected chi connectivity index (χ0v) is 18.0. The van der Waals surface area contributed by atoms with Gasteiger partial charge in [0.2, 0.25) is 5.91 Å². The summed E-state index contributed by atoms with van der Waals surface area (Å²) in [5.74, 6) is -1.27. The number of halogens is 1. The minimum absolute atomic E-state index is 0.0339. The Morgan fingerprint density at radius 1 is 1.13 bits per heavy atom. The second kappa shape index (κ2) is 8.81. The maximum atomic E-state index is 14.3. The van der Waals surface area contributed by atoms with Crippen LogP contribution in [0.3, 0.4) is 0 Å². The van der Waals surface area contributed by atoms with Crippen molar-refractivity contribution in [3.05, 3.63) is 58.9 Å². The van der Waals surface area contributed by atoms with Gasteiger partial charge in [-0.2, -0.15) is 0 Å². The maximum Gasteiger partial charge on any atom is 0.341 e. The van der Waals surface area contributed by atoms with E-state index in [1.54, 1.807) is 24.3 Å². The number of amides is 1. The van der Waals surface area contributed by atoms with E-state index in [0.717, 1.165) is 0 Å². The number of aromatic hydroxyl groups is 1. The molecule has 3 rings (SSSR count). The molecule has 158 valence electrons. The Labute approximate surface area is 178 Å². The molecule has 0 aliphatic carbocycles. The number of thiophene rings is 1. The first-order chi connectivity index (χ1) is 14.2. The number of ether oxygens (including phenoxy) is 1. The highest BCUT2D eigenvalue weighted by Gasteiger charge is 2.28. The Morgan fingerprint density at radius 3 is 2.43 bits per heavy atom. The van der Waals surface area contributed by atoms with Gasteiger partial charge in [-0.1, -0.05) is 18.2 Å². The van der Waals surface area contributed by atoms with E-state index < -0.39 is 11.8 Å². The summed E-state index contributed by atoms with van der Waals surface area (Å²) in [6, 6.07) is 9.35. The van der Waals surface area contributed by atoms with E-state index >= 15 is 0 Å². The van der Waals surface area contributed by atoms with Gasteiger partial charge in [-0.25, -0.2) is 9.18 Å². The average molecular weight is 431 g/mol. The summed E-state index contributed by atoms with van der Waals surface area (Å²) in [7, 11) is 5.01. The second-order valence-corrected chi connectivity index (χ2v) is 8.15. The standard InChI is InChI=1S/C22H23FN2O4S/c1-13(26)25(11-14-7-5-6-8-17(14)23)21-19(22(28)29-4)15-9-10-18(27)16(12-24(2)3)20(15)30-21/h5-10,27H,11-12H2,1-4H3. The lowest BCUT2D eigenvalue weighted by Gasteiger charge is -2.21. The van der Waals surface area contributed by atoms with Gasteiger partial charge < -0.3 is 14.7 Å². The van der Waals surface area contributed by atoms with Crippen LogP contribution in [0.2, 0.25) is 0 Å². The molecule has 6 nitrogen and oxygen atoms in total. The van der Waals surface area contributed by atoms with Crippen LogP contribution in [-0.2, 0) is 22.6 Å². The fourth-order valence-electron chi connectivity index (χ4n) is 3.28. The van der Waals surface area contributed by atoms with Crippen molar-refractivity contribution >= 4 is 38.3 Å². The van der Waals surface area contributed by atoms with Crippen LogP contribution in [-0.4, -0.2) is 43.1 Å². The largest absolute Gasteiger partial charge is 0.508 e. The summed E-state index contributed by atoms with van der Waals surface area (Å²) >= 11 is 1.21. The first kappa shape index (κ1) is 21.7. The van der Waals surface area contributed by atoms with E-state index in [-0.39, 0.29) is 23.8 Å². The number of methoxy groups -OCH3 is 1. The van der Waals surface area contributed by atoms with Crippen molar-refractivity contribution in [3.8, 4) is 5.75 Å². The number of esters is 1. The molecular formula is C22H23FN2O4S. The summed E-state index contributed by atoms with van der Waals surface area (Å²) in [6.45, 7) is 1.77. The Balaban J connectivity index is 2.25. The topological polar surface area (TPSA) is 70.1 Å². The average Bonchev–Trinajstić information content (AvgIpc) is 3.07. The number of rotatable bonds is 6. The van der Waals surface area contributed by atoms with E-state index in [4.69, 9.17) is 4.74 Å². The summed E-state index contributed by atoms with van der Waals surface area (Å²) in [6.07, 6.45) is 0. The summed E-state index contributed by atoms with van der Waals surface area (Å²) < 4.78 is 19.9. The Kier molecular flexibility index (Phi) is 6.38. The number of carbonyl (C=O) groups is 2. The monoisotopic (exact) mass is 430 g/mol. The van der Waals surface area contributed by atoms with Crippen molar-refractivity contribution in [2.75, 3.05) is 26.1 Å². The van der Waals surface area contributed by atoms with Crippen molar-refractivity contribution in [2.45, 2.75) is 20.0 Å². The van der Waals surface area contributed by atoms with Gasteiger partial charge in [0.15, 0.2) is 0 Å². The first-order valence-electron chi connectivity index (χ1n) is 9.26. The molecule has 0 saturated carbocycles. The van der Waals surface area contributed by atoms with Crippen LogP contribution in [0.5, 0.6) is 5.75 Å². The molecule has 0 atom stereocenters. The zero-order chi connectivity index (χ0) is 22.0. The van der Waals surface area contributed by atoms with Crippen molar-refractivity contribution in [2.24, 2.45) is 0 Å². The third-order valence-electron chi connectivity index (χ3n) is 4.69. The van der Waals surface area contributed by atoms with Crippen LogP contribution in [0.15, 0.2) is 36.4 Å². The SMILES string of the molecule is COC(=O)c1c(N(Cc2ccccc2F)C(C)=O)sc2c(CN(C)C)c(O)ccc12. The number of benzene rings is 2. The van der Waals surface area contributed by atoms with Gasteiger partial charge in [0, 0.05) is 34.7 Å². The van der Waals surface area contributed by atoms with Crippen LogP contribution in [0.25, 0.3) is 10.1 Å². The van der Waals surface area contributed by atoms with Crippen molar-refractivity contribution < 1.29 is 23.8 Å². The van der Waals surface area contributed by atoms with E-state index in [9.17, 15) is 19.1 Å². The van der Waals surface area contributed by atoms with Crippen LogP contribution in [0.4, 0.5) is 9.39 Å². The highest BCUT2D eigenvalue weighted by Crippen LogP contribution is 2.43. The molecule has 1 heterocycles. The third kappa shape index (κ3) is 4.15. The highest BCUT2D eigenvalue weighted by atomic mass is 32.1. The van der Waals surface area contributed by atoms with Crippen LogP contribution in [0, 0.1) is 5.82 Å². The second-order valence-electron chi connectivity index (χ2n) is 7.15. The lowest BCUT2D eigenvalue weighted by molar-refractivity contribution is -0.116. The number of nitrogens with zero attached hydrogens (tertiary/aromatic N) is 2. The van der Waals surface area contributed by atoms with Crippen molar-refractivity contribution in [3.63, 3.8) is 0 Å². The van der Waals surface area contributed by atoms with E-state index in [1.165, 1.54) is 42.4 Å². The zero-order valence-electron chi connectivity index (χ0n) is 17.2. The molecule has 3 aromatic rings. The van der Waals surface area contributed by atoms with Gasteiger partial charge in [0.1, 0.15) is 22.1 Å². The number of phenols is 1. The molecule has 30 heavy (non-hydrogen) atoms. The molecule has 0 radical (unpaired) electrons. The molecule has 0 aliphatic rings. The van der Waals surface area contributed by atoms with Gasteiger partial charge in [-0.15, -0.1) is 11.3 Å². The molecule has 0 saturated heterocycles. The minimum atomic E-state index is -0.600. The molecule has 1 aromatic heterocycles. The molecule has 0 aliphatic heterocycles. The van der Waals surface area contributed by atoms with Crippen molar-refractivity contribution in [1.82, 2.24) is 4.90 Å². The normalized spacial score (nSPS) is 11.1. The minimum Gasteiger partial charge on any atom is -0.508 e. The number of phenolic OH excluding ortho intramolecular Hbond substituents is 1. The van der Waals surface area contributed by atoms with Crippen LogP contribution < -0.4 is 4.90 Å². The Hall–Kier alpha value is -2.97. The number of fused-ring (bicyclic) bond motifs is 1. The van der Waals surface area contributed by atoms with E-state index in [2.05, 4.69) is 0 Å². The first-order valence-corrected chi connectivity index (χ1v) is 10.1. The van der Waals surface area contributed by atoms with Gasteiger partial charge in [0.05, 0.1) is 13.7 Å². The molecule has 1 amide bonds. The molecule has 0 spiro atoms. The smallest absolute Gasteiger partial charge is 0.341 e. The molecule has 2 aromatic carbocycles. The summed E-state index contributed by atoms with van der Waals surface area (Å²) in [5.41, 5.74) is 1.20.